The molecule has 4 nitrogen and oxygen atoms in total. The monoisotopic (exact) mass is 307 g/mol. The van der Waals surface area contributed by atoms with Gasteiger partial charge in [0.2, 0.25) is 0 Å². The topological polar surface area (TPSA) is 61.7 Å². The number of aliphatic hydroxyl groups excluding tert-OH is 1. The zero-order valence-electron chi connectivity index (χ0n) is 13.6. The number of hydrogen-bond acceptors (Lipinski definition) is 4. The van der Waals surface area contributed by atoms with Crippen LogP contribution in [0.1, 0.15) is 44.1 Å². The zero-order chi connectivity index (χ0) is 15.8. The molecule has 1 saturated carbocycles. The van der Waals surface area contributed by atoms with Crippen molar-refractivity contribution in [3.8, 4) is 5.75 Å². The van der Waals surface area contributed by atoms with E-state index < -0.39 is 5.60 Å². The Morgan fingerprint density at radius 2 is 1.86 bits per heavy atom. The molecule has 0 aromatic heterocycles. The van der Waals surface area contributed by atoms with Gasteiger partial charge in [-0.3, -0.25) is 0 Å². The van der Waals surface area contributed by atoms with Gasteiger partial charge in [-0.1, -0.05) is 31.4 Å². The molecule has 0 unspecified atom stereocenters. The quantitative estimate of drug-likeness (QED) is 0.689. The van der Waals surface area contributed by atoms with Crippen LogP contribution in [0, 0.1) is 0 Å². The predicted molar refractivity (Wildman–Crippen MR) is 88.2 cm³/mol. The van der Waals surface area contributed by atoms with E-state index in [1.807, 2.05) is 24.3 Å². The van der Waals surface area contributed by atoms with Gasteiger partial charge >= 0.3 is 0 Å². The molecule has 0 saturated heterocycles. The Labute approximate surface area is 133 Å². The lowest BCUT2D eigenvalue weighted by molar-refractivity contribution is -0.00413. The fourth-order valence-corrected chi connectivity index (χ4v) is 3.22. The molecule has 0 amide bonds. The molecule has 1 aromatic rings. The molecular formula is C18H29NO3. The van der Waals surface area contributed by atoms with E-state index in [4.69, 9.17) is 4.74 Å². The lowest BCUT2D eigenvalue weighted by Gasteiger charge is -2.32. The number of aliphatic hydroxyl groups is 2. The molecule has 1 atom stereocenters. The average Bonchev–Trinajstić information content (AvgIpc) is 2.55. The summed E-state index contributed by atoms with van der Waals surface area (Å²) in [4.78, 5) is 0. The number of methoxy groups -OCH3 is 1. The van der Waals surface area contributed by atoms with E-state index in [1.165, 1.54) is 12.0 Å². The first kappa shape index (κ1) is 17.3. The number of nitrogens with one attached hydrogen (secondary N) is 1. The van der Waals surface area contributed by atoms with E-state index in [0.717, 1.165) is 50.8 Å². The third-order valence-electron chi connectivity index (χ3n) is 4.67. The number of benzene rings is 1. The Kier molecular flexibility index (Phi) is 6.68. The second kappa shape index (κ2) is 8.51. The van der Waals surface area contributed by atoms with Gasteiger partial charge in [0.15, 0.2) is 0 Å². The van der Waals surface area contributed by atoms with Crippen molar-refractivity contribution in [2.24, 2.45) is 0 Å². The van der Waals surface area contributed by atoms with Crippen molar-refractivity contribution in [1.82, 2.24) is 5.32 Å². The van der Waals surface area contributed by atoms with Crippen LogP contribution in [-0.4, -0.2) is 42.1 Å². The number of ether oxygens (including phenoxy) is 1. The fraction of sp³-hybridized carbons (Fsp3) is 0.667. The molecule has 3 N–H and O–H groups in total. The van der Waals surface area contributed by atoms with Gasteiger partial charge in [-0.2, -0.15) is 0 Å². The largest absolute Gasteiger partial charge is 0.497 e. The molecule has 22 heavy (non-hydrogen) atoms. The third kappa shape index (κ3) is 5.27. The van der Waals surface area contributed by atoms with Gasteiger partial charge in [-0.15, -0.1) is 0 Å². The zero-order valence-corrected chi connectivity index (χ0v) is 13.6. The van der Waals surface area contributed by atoms with Gasteiger partial charge in [0.1, 0.15) is 5.75 Å². The SMILES string of the molecule is COc1ccc(C[C@@H](CO)NCCC2(O)CCCCC2)cc1. The molecule has 1 aliphatic rings. The molecule has 1 aliphatic carbocycles. The van der Waals surface area contributed by atoms with Crippen LogP contribution in [-0.2, 0) is 6.42 Å². The minimum absolute atomic E-state index is 0.0283. The fourth-order valence-electron chi connectivity index (χ4n) is 3.22. The third-order valence-corrected chi connectivity index (χ3v) is 4.67. The maximum absolute atomic E-state index is 10.5. The molecular weight excluding hydrogens is 278 g/mol. The Balaban J connectivity index is 1.76. The highest BCUT2D eigenvalue weighted by Crippen LogP contribution is 2.30. The highest BCUT2D eigenvalue weighted by Gasteiger charge is 2.28. The number of hydrogen-bond donors (Lipinski definition) is 3. The van der Waals surface area contributed by atoms with Crippen molar-refractivity contribution in [3.63, 3.8) is 0 Å². The van der Waals surface area contributed by atoms with Crippen molar-refractivity contribution in [3.05, 3.63) is 29.8 Å². The van der Waals surface area contributed by atoms with E-state index >= 15 is 0 Å². The molecule has 0 aliphatic heterocycles. The summed E-state index contributed by atoms with van der Waals surface area (Å²) in [7, 11) is 1.66. The van der Waals surface area contributed by atoms with Crippen LogP contribution < -0.4 is 10.1 Å². The summed E-state index contributed by atoms with van der Waals surface area (Å²) in [5, 5.41) is 23.4. The van der Waals surface area contributed by atoms with Gasteiger partial charge in [-0.05, 0) is 49.9 Å². The molecule has 124 valence electrons. The minimum atomic E-state index is -0.495. The van der Waals surface area contributed by atoms with Crippen LogP contribution in [0.5, 0.6) is 5.75 Å². The summed E-state index contributed by atoms with van der Waals surface area (Å²) in [6.07, 6.45) is 6.88. The molecule has 0 spiro atoms. The smallest absolute Gasteiger partial charge is 0.118 e. The van der Waals surface area contributed by atoms with Crippen LogP contribution in [0.4, 0.5) is 0 Å². The van der Waals surface area contributed by atoms with Crippen molar-refractivity contribution in [2.45, 2.75) is 56.6 Å². The highest BCUT2D eigenvalue weighted by molar-refractivity contribution is 5.27. The van der Waals surface area contributed by atoms with Crippen molar-refractivity contribution in [2.75, 3.05) is 20.3 Å². The molecule has 0 bridgehead atoms. The van der Waals surface area contributed by atoms with Gasteiger partial charge in [0.25, 0.3) is 0 Å². The van der Waals surface area contributed by atoms with E-state index in [9.17, 15) is 10.2 Å². The summed E-state index contributed by atoms with van der Waals surface area (Å²) < 4.78 is 5.15. The van der Waals surface area contributed by atoms with Crippen LogP contribution in [0.3, 0.4) is 0 Å². The minimum Gasteiger partial charge on any atom is -0.497 e. The van der Waals surface area contributed by atoms with Crippen molar-refractivity contribution < 1.29 is 14.9 Å². The number of rotatable bonds is 8. The normalized spacial score (nSPS) is 18.9. The molecule has 0 radical (unpaired) electrons. The van der Waals surface area contributed by atoms with Crippen LogP contribution in [0.15, 0.2) is 24.3 Å². The van der Waals surface area contributed by atoms with Crippen molar-refractivity contribution >= 4 is 0 Å². The first-order valence-corrected chi connectivity index (χ1v) is 8.35. The predicted octanol–water partition coefficient (Wildman–Crippen LogP) is 2.27. The molecule has 1 aromatic carbocycles. The Hall–Kier alpha value is -1.10. The van der Waals surface area contributed by atoms with Crippen molar-refractivity contribution in [1.29, 1.82) is 0 Å². The van der Waals surface area contributed by atoms with E-state index in [1.54, 1.807) is 7.11 Å². The summed E-state index contributed by atoms with van der Waals surface area (Å²) >= 11 is 0. The molecule has 0 heterocycles. The van der Waals surface area contributed by atoms with Gasteiger partial charge in [0, 0.05) is 6.04 Å². The molecule has 4 heteroatoms. The highest BCUT2D eigenvalue weighted by atomic mass is 16.5. The second-order valence-electron chi connectivity index (χ2n) is 6.42. The average molecular weight is 307 g/mol. The van der Waals surface area contributed by atoms with Gasteiger partial charge in [-0.25, -0.2) is 0 Å². The van der Waals surface area contributed by atoms with E-state index in [0.29, 0.717) is 0 Å². The standard InChI is InChI=1S/C18H29NO3/c1-22-17-7-5-15(6-8-17)13-16(14-20)19-12-11-18(21)9-3-2-4-10-18/h5-8,16,19-21H,2-4,9-14H2,1H3/t16-/m0/s1. The van der Waals surface area contributed by atoms with Crippen LogP contribution >= 0.6 is 0 Å². The first-order chi connectivity index (χ1) is 10.6. The van der Waals surface area contributed by atoms with Crippen LogP contribution in [0.2, 0.25) is 0 Å². The molecule has 2 rings (SSSR count). The molecule has 1 fully saturated rings. The van der Waals surface area contributed by atoms with E-state index in [-0.39, 0.29) is 12.6 Å². The Morgan fingerprint density at radius 1 is 1.18 bits per heavy atom. The lowest BCUT2D eigenvalue weighted by atomic mass is 9.82. The summed E-state index contributed by atoms with van der Waals surface area (Å²) in [6, 6.07) is 7.96. The van der Waals surface area contributed by atoms with Gasteiger partial charge < -0.3 is 20.3 Å². The summed E-state index contributed by atoms with van der Waals surface area (Å²) in [6.45, 7) is 0.850. The Morgan fingerprint density at radius 3 is 2.45 bits per heavy atom. The lowest BCUT2D eigenvalue weighted by Crippen LogP contribution is -2.40. The van der Waals surface area contributed by atoms with Gasteiger partial charge in [0.05, 0.1) is 19.3 Å². The van der Waals surface area contributed by atoms with Crippen LogP contribution in [0.25, 0.3) is 0 Å². The Bertz CT molecular complexity index is 426. The maximum Gasteiger partial charge on any atom is 0.118 e. The summed E-state index contributed by atoms with van der Waals surface area (Å²) in [5.74, 6) is 0.844. The maximum atomic E-state index is 10.5. The second-order valence-corrected chi connectivity index (χ2v) is 6.42. The summed E-state index contributed by atoms with van der Waals surface area (Å²) in [5.41, 5.74) is 0.675. The van der Waals surface area contributed by atoms with E-state index in [2.05, 4.69) is 5.32 Å². The first-order valence-electron chi connectivity index (χ1n) is 8.35.